The normalized spacial score (nSPS) is 10.5. The maximum absolute atomic E-state index is 12.4. The number of methoxy groups -OCH3 is 1. The van der Waals surface area contributed by atoms with Crippen LogP contribution in [0.15, 0.2) is 6.20 Å². The minimum absolute atomic E-state index is 0.293. The summed E-state index contributed by atoms with van der Waals surface area (Å²) in [6, 6.07) is 0. The molecule has 0 fully saturated rings. The Morgan fingerprint density at radius 1 is 1.33 bits per heavy atom. The smallest absolute Gasteiger partial charge is 0.341 e. The number of carbonyl (C=O) groups is 2. The van der Waals surface area contributed by atoms with Gasteiger partial charge in [-0.1, -0.05) is 0 Å². The summed E-state index contributed by atoms with van der Waals surface area (Å²) in [7, 11) is 3.03. The van der Waals surface area contributed by atoms with Gasteiger partial charge in [-0.2, -0.15) is 5.10 Å². The molecule has 0 spiro atoms. The topological polar surface area (TPSA) is 73.2 Å². The fourth-order valence-corrected chi connectivity index (χ4v) is 3.14. The van der Waals surface area contributed by atoms with Gasteiger partial charge in [0.2, 0.25) is 0 Å². The maximum Gasteiger partial charge on any atom is 0.341 e. The number of hydrogen-bond acceptors (Lipinski definition) is 5. The van der Waals surface area contributed by atoms with Crippen LogP contribution in [-0.4, -0.2) is 28.8 Å². The molecule has 0 saturated heterocycles. The van der Waals surface area contributed by atoms with E-state index in [0.717, 1.165) is 16.0 Å². The average Bonchev–Trinajstić information content (AvgIpc) is 2.90. The summed E-state index contributed by atoms with van der Waals surface area (Å²) in [5.74, 6) is -0.743. The first-order chi connectivity index (χ1) is 9.86. The van der Waals surface area contributed by atoms with E-state index in [-0.39, 0.29) is 5.91 Å². The predicted octanol–water partition coefficient (Wildman–Crippen LogP) is 2.45. The van der Waals surface area contributed by atoms with Gasteiger partial charge < -0.3 is 10.1 Å². The third-order valence-electron chi connectivity index (χ3n) is 3.34. The van der Waals surface area contributed by atoms with Gasteiger partial charge >= 0.3 is 5.97 Å². The van der Waals surface area contributed by atoms with Crippen LogP contribution < -0.4 is 5.32 Å². The van der Waals surface area contributed by atoms with E-state index in [1.165, 1.54) is 23.1 Å². The number of hydrogen-bond donors (Lipinski definition) is 1. The van der Waals surface area contributed by atoms with Crippen LogP contribution >= 0.6 is 11.3 Å². The van der Waals surface area contributed by atoms with Crippen molar-refractivity contribution in [3.63, 3.8) is 0 Å². The molecule has 2 rings (SSSR count). The zero-order valence-electron chi connectivity index (χ0n) is 12.6. The van der Waals surface area contributed by atoms with Crippen molar-refractivity contribution in [3.8, 4) is 0 Å². The lowest BCUT2D eigenvalue weighted by molar-refractivity contribution is 0.0601. The van der Waals surface area contributed by atoms with Gasteiger partial charge in [-0.15, -0.1) is 11.3 Å². The van der Waals surface area contributed by atoms with Crippen molar-refractivity contribution >= 4 is 28.2 Å². The van der Waals surface area contributed by atoms with Crippen LogP contribution in [0, 0.1) is 20.8 Å². The van der Waals surface area contributed by atoms with Gasteiger partial charge in [0.1, 0.15) is 10.7 Å². The standard InChI is InChI=1S/C14H17N3O3S/c1-7-6-15-17(4)11(7)12(18)16-13-10(14(19)20-5)8(2)9(3)21-13/h6H,1-5H3,(H,16,18). The molecule has 6 nitrogen and oxygen atoms in total. The highest BCUT2D eigenvalue weighted by Crippen LogP contribution is 2.33. The SMILES string of the molecule is COC(=O)c1c(NC(=O)c2c(C)cnn2C)sc(C)c1C. The van der Waals surface area contributed by atoms with Crippen LogP contribution in [0.1, 0.15) is 36.9 Å². The Morgan fingerprint density at radius 2 is 2.00 bits per heavy atom. The summed E-state index contributed by atoms with van der Waals surface area (Å²) in [5.41, 5.74) is 2.48. The third kappa shape index (κ3) is 2.69. The molecule has 0 unspecified atom stereocenters. The van der Waals surface area contributed by atoms with Crippen LogP contribution in [-0.2, 0) is 11.8 Å². The first-order valence-corrected chi connectivity index (χ1v) is 7.16. The van der Waals surface area contributed by atoms with Crippen molar-refractivity contribution in [2.45, 2.75) is 20.8 Å². The number of carbonyl (C=O) groups excluding carboxylic acids is 2. The number of ether oxygens (including phenoxy) is 1. The Bertz CT molecular complexity index is 696. The summed E-state index contributed by atoms with van der Waals surface area (Å²) in [5, 5.41) is 7.33. The zero-order valence-corrected chi connectivity index (χ0v) is 13.4. The van der Waals surface area contributed by atoms with Crippen LogP contribution in [0.4, 0.5) is 5.00 Å². The molecule has 1 amide bonds. The van der Waals surface area contributed by atoms with Gasteiger partial charge in [0, 0.05) is 11.9 Å². The van der Waals surface area contributed by atoms with E-state index in [9.17, 15) is 9.59 Å². The summed E-state index contributed by atoms with van der Waals surface area (Å²) in [6.45, 7) is 5.55. The highest BCUT2D eigenvalue weighted by molar-refractivity contribution is 7.16. The number of esters is 1. The van der Waals surface area contributed by atoms with E-state index in [1.807, 2.05) is 20.8 Å². The van der Waals surface area contributed by atoms with Gasteiger partial charge in [0.25, 0.3) is 5.91 Å². The van der Waals surface area contributed by atoms with Crippen molar-refractivity contribution < 1.29 is 14.3 Å². The van der Waals surface area contributed by atoms with E-state index in [4.69, 9.17) is 4.74 Å². The monoisotopic (exact) mass is 307 g/mol. The van der Waals surface area contributed by atoms with Crippen LogP contribution in [0.5, 0.6) is 0 Å². The molecule has 7 heteroatoms. The zero-order chi connectivity index (χ0) is 15.7. The number of nitrogens with one attached hydrogen (secondary N) is 1. The first-order valence-electron chi connectivity index (χ1n) is 6.35. The van der Waals surface area contributed by atoms with Crippen molar-refractivity contribution in [2.24, 2.45) is 7.05 Å². The van der Waals surface area contributed by atoms with Crippen molar-refractivity contribution in [1.29, 1.82) is 0 Å². The number of rotatable bonds is 3. The second-order valence-electron chi connectivity index (χ2n) is 4.73. The molecule has 2 heterocycles. The minimum Gasteiger partial charge on any atom is -0.465 e. The van der Waals surface area contributed by atoms with E-state index in [0.29, 0.717) is 16.3 Å². The maximum atomic E-state index is 12.4. The molecule has 0 aliphatic carbocycles. The van der Waals surface area contributed by atoms with E-state index >= 15 is 0 Å². The highest BCUT2D eigenvalue weighted by atomic mass is 32.1. The summed E-state index contributed by atoms with van der Waals surface area (Å²) < 4.78 is 6.30. The lowest BCUT2D eigenvalue weighted by Crippen LogP contribution is -2.18. The van der Waals surface area contributed by atoms with E-state index in [1.54, 1.807) is 13.2 Å². The van der Waals surface area contributed by atoms with Crippen molar-refractivity contribution in [1.82, 2.24) is 9.78 Å². The second-order valence-corrected chi connectivity index (χ2v) is 5.96. The van der Waals surface area contributed by atoms with Gasteiger partial charge in [-0.3, -0.25) is 9.48 Å². The Balaban J connectivity index is 2.38. The molecule has 112 valence electrons. The van der Waals surface area contributed by atoms with Crippen LogP contribution in [0.2, 0.25) is 0 Å². The quantitative estimate of drug-likeness (QED) is 0.884. The lowest BCUT2D eigenvalue weighted by Gasteiger charge is -2.07. The number of nitrogens with zero attached hydrogens (tertiary/aromatic N) is 2. The molecule has 0 bridgehead atoms. The fraction of sp³-hybridized carbons (Fsp3) is 0.357. The molecule has 0 saturated carbocycles. The first kappa shape index (κ1) is 15.2. The predicted molar refractivity (Wildman–Crippen MR) is 81.0 cm³/mol. The fourth-order valence-electron chi connectivity index (χ4n) is 2.10. The molecular formula is C14H17N3O3S. The van der Waals surface area contributed by atoms with E-state index in [2.05, 4.69) is 10.4 Å². The number of aromatic nitrogens is 2. The third-order valence-corrected chi connectivity index (χ3v) is 4.46. The number of thiophene rings is 1. The molecule has 2 aromatic heterocycles. The van der Waals surface area contributed by atoms with E-state index < -0.39 is 5.97 Å². The Hall–Kier alpha value is -2.15. The Labute approximate surface area is 126 Å². The molecule has 21 heavy (non-hydrogen) atoms. The molecule has 0 aliphatic rings. The lowest BCUT2D eigenvalue weighted by atomic mass is 10.1. The van der Waals surface area contributed by atoms with Crippen LogP contribution in [0.25, 0.3) is 0 Å². The van der Waals surface area contributed by atoms with Gasteiger partial charge in [0.15, 0.2) is 0 Å². The number of amides is 1. The molecule has 0 aromatic carbocycles. The Kier molecular flexibility index (Phi) is 4.13. The second kappa shape index (κ2) is 5.69. The summed E-state index contributed by atoms with van der Waals surface area (Å²) in [6.07, 6.45) is 1.63. The molecule has 1 N–H and O–H groups in total. The molecule has 0 aliphatic heterocycles. The minimum atomic E-state index is -0.450. The van der Waals surface area contributed by atoms with Crippen molar-refractivity contribution in [3.05, 3.63) is 33.5 Å². The number of aryl methyl sites for hydroxylation is 3. The number of anilines is 1. The van der Waals surface area contributed by atoms with Gasteiger partial charge in [-0.05, 0) is 31.9 Å². The summed E-state index contributed by atoms with van der Waals surface area (Å²) in [4.78, 5) is 25.2. The molecule has 0 radical (unpaired) electrons. The summed E-state index contributed by atoms with van der Waals surface area (Å²) >= 11 is 1.36. The van der Waals surface area contributed by atoms with Gasteiger partial charge in [0.05, 0.1) is 18.9 Å². The molecule has 2 aromatic rings. The van der Waals surface area contributed by atoms with Crippen molar-refractivity contribution in [2.75, 3.05) is 12.4 Å². The van der Waals surface area contributed by atoms with Gasteiger partial charge in [-0.25, -0.2) is 4.79 Å². The molecular weight excluding hydrogens is 290 g/mol. The largest absolute Gasteiger partial charge is 0.465 e. The van der Waals surface area contributed by atoms with Crippen LogP contribution in [0.3, 0.4) is 0 Å². The Morgan fingerprint density at radius 3 is 2.52 bits per heavy atom. The highest BCUT2D eigenvalue weighted by Gasteiger charge is 2.23. The average molecular weight is 307 g/mol. The molecule has 0 atom stereocenters.